The number of halogens is 1. The van der Waals surface area contributed by atoms with Gasteiger partial charge >= 0.3 is 0 Å². The second-order valence-electron chi connectivity index (χ2n) is 4.13. The van der Waals surface area contributed by atoms with Gasteiger partial charge in [0.25, 0.3) is 0 Å². The van der Waals surface area contributed by atoms with E-state index >= 15 is 0 Å². The number of aromatic nitrogens is 3. The maximum absolute atomic E-state index is 5.96. The lowest BCUT2D eigenvalue weighted by Crippen LogP contribution is -2.01. The number of benzene rings is 1. The van der Waals surface area contributed by atoms with Crippen molar-refractivity contribution in [3.8, 4) is 5.82 Å². The predicted octanol–water partition coefficient (Wildman–Crippen LogP) is 3.47. The molecule has 0 aliphatic rings. The molecule has 2 aromatic heterocycles. The third-order valence-corrected chi connectivity index (χ3v) is 3.34. The summed E-state index contributed by atoms with van der Waals surface area (Å²) in [6.07, 6.45) is 5.54. The van der Waals surface area contributed by atoms with Crippen molar-refractivity contribution in [2.24, 2.45) is 0 Å². The molecule has 1 aromatic carbocycles. The molecular formula is C14H12ClN3. The number of fused-ring (bicyclic) bond motifs is 1. The van der Waals surface area contributed by atoms with E-state index in [1.54, 1.807) is 6.20 Å². The van der Waals surface area contributed by atoms with Crippen molar-refractivity contribution >= 4 is 22.4 Å². The highest BCUT2D eigenvalue weighted by Crippen LogP contribution is 2.25. The molecule has 90 valence electrons. The predicted molar refractivity (Wildman–Crippen MR) is 73.2 cm³/mol. The summed E-state index contributed by atoms with van der Waals surface area (Å²) in [6.45, 7) is 1.96. The summed E-state index contributed by atoms with van der Waals surface area (Å²) in [6, 6.07) is 8.17. The summed E-state index contributed by atoms with van der Waals surface area (Å²) in [4.78, 5) is 8.76. The summed E-state index contributed by atoms with van der Waals surface area (Å²) in [5, 5.41) is 2.24. The third-order valence-electron chi connectivity index (χ3n) is 3.05. The molecule has 18 heavy (non-hydrogen) atoms. The van der Waals surface area contributed by atoms with Gasteiger partial charge in [0, 0.05) is 29.9 Å². The summed E-state index contributed by atoms with van der Waals surface area (Å²) in [7, 11) is 0. The Bertz CT molecular complexity index is 703. The highest BCUT2D eigenvalue weighted by atomic mass is 35.5. The van der Waals surface area contributed by atoms with Gasteiger partial charge in [-0.3, -0.25) is 4.57 Å². The molecule has 0 atom stereocenters. The zero-order chi connectivity index (χ0) is 12.5. The first-order chi connectivity index (χ1) is 8.81. The quantitative estimate of drug-likeness (QED) is 0.658. The molecule has 0 aliphatic heterocycles. The van der Waals surface area contributed by atoms with Gasteiger partial charge in [-0.25, -0.2) is 9.97 Å². The van der Waals surface area contributed by atoms with Crippen molar-refractivity contribution in [3.05, 3.63) is 54.2 Å². The largest absolute Gasteiger partial charge is 0.288 e. The van der Waals surface area contributed by atoms with Crippen LogP contribution >= 0.6 is 11.6 Å². The highest BCUT2D eigenvalue weighted by molar-refractivity contribution is 6.18. The Morgan fingerprint density at radius 1 is 1.17 bits per heavy atom. The molecule has 0 amide bonds. The van der Waals surface area contributed by atoms with Gasteiger partial charge in [0.2, 0.25) is 0 Å². The number of hydrogen-bond donors (Lipinski definition) is 0. The summed E-state index contributed by atoms with van der Waals surface area (Å²) >= 11 is 5.96. The van der Waals surface area contributed by atoms with Crippen molar-refractivity contribution in [1.29, 1.82) is 0 Å². The molecule has 3 aromatic rings. The molecule has 0 fully saturated rings. The SMILES string of the molecule is Cc1nccn1-c1ncc(CCl)c2ccccc12. The molecule has 0 saturated heterocycles. The minimum atomic E-state index is 0.469. The van der Waals surface area contributed by atoms with Crippen LogP contribution in [-0.2, 0) is 5.88 Å². The number of alkyl halides is 1. The Morgan fingerprint density at radius 2 is 1.94 bits per heavy atom. The van der Waals surface area contributed by atoms with Crippen LogP contribution in [0.5, 0.6) is 0 Å². The van der Waals surface area contributed by atoms with Gasteiger partial charge in [-0.15, -0.1) is 11.6 Å². The molecule has 0 aliphatic carbocycles. The lowest BCUT2D eigenvalue weighted by atomic mass is 10.1. The first-order valence-corrected chi connectivity index (χ1v) is 6.27. The Balaban J connectivity index is 2.35. The van der Waals surface area contributed by atoms with E-state index in [9.17, 15) is 0 Å². The van der Waals surface area contributed by atoms with Gasteiger partial charge in [0.1, 0.15) is 11.6 Å². The molecule has 0 unspecified atom stereocenters. The Hall–Kier alpha value is -1.87. The second-order valence-corrected chi connectivity index (χ2v) is 4.40. The number of rotatable bonds is 2. The van der Waals surface area contributed by atoms with E-state index in [1.807, 2.05) is 36.0 Å². The zero-order valence-electron chi connectivity index (χ0n) is 9.97. The molecule has 4 heteroatoms. The van der Waals surface area contributed by atoms with Crippen LogP contribution in [0.15, 0.2) is 42.9 Å². The average Bonchev–Trinajstić information content (AvgIpc) is 2.83. The van der Waals surface area contributed by atoms with Gasteiger partial charge in [0.15, 0.2) is 0 Å². The van der Waals surface area contributed by atoms with Crippen LogP contribution in [-0.4, -0.2) is 14.5 Å². The van der Waals surface area contributed by atoms with Gasteiger partial charge < -0.3 is 0 Å². The summed E-state index contributed by atoms with van der Waals surface area (Å²) in [5.41, 5.74) is 1.05. The van der Waals surface area contributed by atoms with E-state index in [0.717, 1.165) is 28.0 Å². The lowest BCUT2D eigenvalue weighted by molar-refractivity contribution is 0.941. The van der Waals surface area contributed by atoms with Crippen LogP contribution in [0.1, 0.15) is 11.4 Å². The number of pyridine rings is 1. The van der Waals surface area contributed by atoms with Crippen molar-refractivity contribution in [2.75, 3.05) is 0 Å². The molecule has 0 spiro atoms. The van der Waals surface area contributed by atoms with Gasteiger partial charge in [-0.05, 0) is 17.9 Å². The minimum Gasteiger partial charge on any atom is -0.288 e. The van der Waals surface area contributed by atoms with E-state index in [2.05, 4.69) is 22.1 Å². The molecule has 0 radical (unpaired) electrons. The van der Waals surface area contributed by atoms with E-state index in [0.29, 0.717) is 5.88 Å². The smallest absolute Gasteiger partial charge is 0.145 e. The normalized spacial score (nSPS) is 11.0. The van der Waals surface area contributed by atoms with E-state index in [4.69, 9.17) is 11.6 Å². The molecular weight excluding hydrogens is 246 g/mol. The third kappa shape index (κ3) is 1.68. The Labute approximate surface area is 110 Å². The standard InChI is InChI=1S/C14H12ClN3/c1-10-16-6-7-18(10)14-13-5-3-2-4-12(13)11(8-15)9-17-14/h2-7,9H,8H2,1H3. The molecule has 3 rings (SSSR count). The van der Waals surface area contributed by atoms with Crippen LogP contribution in [0.25, 0.3) is 16.6 Å². The first kappa shape index (κ1) is 11.2. The highest BCUT2D eigenvalue weighted by Gasteiger charge is 2.09. The molecule has 0 N–H and O–H groups in total. The van der Waals surface area contributed by atoms with Gasteiger partial charge in [-0.1, -0.05) is 24.3 Å². The van der Waals surface area contributed by atoms with Crippen LogP contribution in [0.3, 0.4) is 0 Å². The van der Waals surface area contributed by atoms with Crippen LogP contribution in [0, 0.1) is 6.92 Å². The number of hydrogen-bond acceptors (Lipinski definition) is 2. The van der Waals surface area contributed by atoms with Crippen molar-refractivity contribution in [2.45, 2.75) is 12.8 Å². The van der Waals surface area contributed by atoms with E-state index < -0.39 is 0 Å². The van der Waals surface area contributed by atoms with E-state index in [-0.39, 0.29) is 0 Å². The van der Waals surface area contributed by atoms with Crippen molar-refractivity contribution < 1.29 is 0 Å². The van der Waals surface area contributed by atoms with Gasteiger partial charge in [0.05, 0.1) is 0 Å². The van der Waals surface area contributed by atoms with Crippen LogP contribution in [0.4, 0.5) is 0 Å². The lowest BCUT2D eigenvalue weighted by Gasteiger charge is -2.10. The first-order valence-electron chi connectivity index (χ1n) is 5.74. The van der Waals surface area contributed by atoms with Gasteiger partial charge in [-0.2, -0.15) is 0 Å². The summed E-state index contributed by atoms with van der Waals surface area (Å²) < 4.78 is 1.99. The molecule has 0 bridgehead atoms. The number of imidazole rings is 1. The fourth-order valence-corrected chi connectivity index (χ4v) is 2.35. The topological polar surface area (TPSA) is 30.7 Å². The van der Waals surface area contributed by atoms with Crippen molar-refractivity contribution in [1.82, 2.24) is 14.5 Å². The fraction of sp³-hybridized carbons (Fsp3) is 0.143. The molecule has 0 saturated carbocycles. The minimum absolute atomic E-state index is 0.469. The average molecular weight is 258 g/mol. The van der Waals surface area contributed by atoms with E-state index in [1.165, 1.54) is 0 Å². The summed E-state index contributed by atoms with van der Waals surface area (Å²) in [5.74, 6) is 2.29. The van der Waals surface area contributed by atoms with Crippen molar-refractivity contribution in [3.63, 3.8) is 0 Å². The second kappa shape index (κ2) is 4.42. The van der Waals surface area contributed by atoms with Crippen LogP contribution in [0.2, 0.25) is 0 Å². The number of nitrogens with zero attached hydrogens (tertiary/aromatic N) is 3. The molecule has 3 nitrogen and oxygen atoms in total. The monoisotopic (exact) mass is 257 g/mol. The maximum Gasteiger partial charge on any atom is 0.145 e. The number of aryl methyl sites for hydroxylation is 1. The Kier molecular flexibility index (Phi) is 2.76. The Morgan fingerprint density at radius 3 is 2.61 bits per heavy atom. The maximum atomic E-state index is 5.96. The fourth-order valence-electron chi connectivity index (χ4n) is 2.14. The van der Waals surface area contributed by atoms with Crippen LogP contribution < -0.4 is 0 Å². The molecule has 2 heterocycles. The zero-order valence-corrected chi connectivity index (χ0v) is 10.7.